The second kappa shape index (κ2) is 9.28. The zero-order valence-electron chi connectivity index (χ0n) is 17.4. The van der Waals surface area contributed by atoms with Crippen LogP contribution < -0.4 is 10.1 Å². The number of rotatable bonds is 7. The number of aromatic amines is 1. The van der Waals surface area contributed by atoms with E-state index in [0.29, 0.717) is 36.5 Å². The van der Waals surface area contributed by atoms with Crippen LogP contribution in [-0.4, -0.2) is 66.8 Å². The van der Waals surface area contributed by atoms with Gasteiger partial charge in [-0.25, -0.2) is 4.79 Å². The van der Waals surface area contributed by atoms with E-state index in [0.717, 1.165) is 5.52 Å². The molecule has 1 aliphatic heterocycles. The number of morpholine rings is 1. The molecule has 0 unspecified atom stereocenters. The SMILES string of the molecule is CCOC(=O)c1[nH]c2ccc(OCC)cc2c1NC(=O)CN1C[C@H](C)O[C@@H](C)C1. The van der Waals surface area contributed by atoms with E-state index < -0.39 is 5.97 Å². The minimum absolute atomic E-state index is 0.0727. The van der Waals surface area contributed by atoms with Crippen LogP contribution in [0.2, 0.25) is 0 Å². The summed E-state index contributed by atoms with van der Waals surface area (Å²) in [5, 5.41) is 3.61. The number of carbonyl (C=O) groups excluding carboxylic acids is 2. The number of esters is 1. The van der Waals surface area contributed by atoms with E-state index in [4.69, 9.17) is 14.2 Å². The number of fused-ring (bicyclic) bond motifs is 1. The van der Waals surface area contributed by atoms with Gasteiger partial charge in [-0.1, -0.05) is 0 Å². The summed E-state index contributed by atoms with van der Waals surface area (Å²) in [6.45, 7) is 9.99. The molecule has 8 heteroatoms. The number of nitrogens with one attached hydrogen (secondary N) is 2. The van der Waals surface area contributed by atoms with Crippen molar-refractivity contribution in [3.8, 4) is 5.75 Å². The zero-order chi connectivity index (χ0) is 21.0. The summed E-state index contributed by atoms with van der Waals surface area (Å²) in [6.07, 6.45) is 0.145. The predicted molar refractivity (Wildman–Crippen MR) is 111 cm³/mol. The number of carbonyl (C=O) groups is 2. The molecule has 2 heterocycles. The van der Waals surface area contributed by atoms with Gasteiger partial charge in [-0.15, -0.1) is 0 Å². The third kappa shape index (κ3) is 5.07. The maximum absolute atomic E-state index is 12.8. The topological polar surface area (TPSA) is 92.9 Å². The first-order valence-electron chi connectivity index (χ1n) is 10.0. The molecule has 1 amide bonds. The zero-order valence-corrected chi connectivity index (χ0v) is 17.4. The van der Waals surface area contributed by atoms with Crippen LogP contribution in [0.5, 0.6) is 5.75 Å². The minimum atomic E-state index is -0.509. The molecule has 0 radical (unpaired) electrons. The molecule has 1 fully saturated rings. The molecule has 1 aromatic heterocycles. The molecule has 1 saturated heterocycles. The van der Waals surface area contributed by atoms with Crippen LogP contribution in [0.25, 0.3) is 10.9 Å². The van der Waals surface area contributed by atoms with Gasteiger partial charge in [0.05, 0.1) is 37.7 Å². The van der Waals surface area contributed by atoms with Crippen LogP contribution in [-0.2, 0) is 14.3 Å². The lowest BCUT2D eigenvalue weighted by Crippen LogP contribution is -2.48. The van der Waals surface area contributed by atoms with Crippen LogP contribution >= 0.6 is 0 Å². The summed E-state index contributed by atoms with van der Waals surface area (Å²) < 4.78 is 16.4. The molecule has 29 heavy (non-hydrogen) atoms. The fourth-order valence-corrected chi connectivity index (χ4v) is 3.71. The molecule has 2 aromatic rings. The monoisotopic (exact) mass is 403 g/mol. The van der Waals surface area contributed by atoms with Gasteiger partial charge >= 0.3 is 5.97 Å². The molecule has 2 N–H and O–H groups in total. The average molecular weight is 403 g/mol. The van der Waals surface area contributed by atoms with Crippen LogP contribution in [0.3, 0.4) is 0 Å². The van der Waals surface area contributed by atoms with Crippen LogP contribution in [0, 0.1) is 0 Å². The van der Waals surface area contributed by atoms with Crippen molar-refractivity contribution in [2.24, 2.45) is 0 Å². The third-order valence-electron chi connectivity index (χ3n) is 4.69. The van der Waals surface area contributed by atoms with Gasteiger partial charge in [-0.2, -0.15) is 0 Å². The van der Waals surface area contributed by atoms with Crippen molar-refractivity contribution < 1.29 is 23.8 Å². The highest BCUT2D eigenvalue weighted by Gasteiger charge is 2.26. The van der Waals surface area contributed by atoms with E-state index in [-0.39, 0.29) is 37.0 Å². The van der Waals surface area contributed by atoms with E-state index >= 15 is 0 Å². The van der Waals surface area contributed by atoms with E-state index in [2.05, 4.69) is 15.2 Å². The summed E-state index contributed by atoms with van der Waals surface area (Å²) in [6, 6.07) is 5.45. The number of hydrogen-bond acceptors (Lipinski definition) is 6. The fourth-order valence-electron chi connectivity index (χ4n) is 3.71. The normalized spacial score (nSPS) is 19.9. The maximum atomic E-state index is 12.8. The highest BCUT2D eigenvalue weighted by molar-refractivity contribution is 6.11. The number of aromatic nitrogens is 1. The smallest absolute Gasteiger partial charge is 0.356 e. The highest BCUT2D eigenvalue weighted by Crippen LogP contribution is 2.31. The lowest BCUT2D eigenvalue weighted by molar-refractivity contribution is -0.121. The molecule has 158 valence electrons. The van der Waals surface area contributed by atoms with Crippen molar-refractivity contribution in [1.29, 1.82) is 0 Å². The Morgan fingerprint density at radius 3 is 2.59 bits per heavy atom. The Kier molecular flexibility index (Phi) is 6.76. The Morgan fingerprint density at radius 1 is 1.21 bits per heavy atom. The summed E-state index contributed by atoms with van der Waals surface area (Å²) in [4.78, 5) is 30.3. The number of H-pyrrole nitrogens is 1. The first kappa shape index (κ1) is 21.1. The Morgan fingerprint density at radius 2 is 1.93 bits per heavy atom. The second-order valence-corrected chi connectivity index (χ2v) is 7.24. The Labute approximate surface area is 170 Å². The summed E-state index contributed by atoms with van der Waals surface area (Å²) in [5.41, 5.74) is 1.37. The van der Waals surface area contributed by atoms with Gasteiger partial charge in [-0.3, -0.25) is 9.69 Å². The van der Waals surface area contributed by atoms with Gasteiger partial charge in [0.1, 0.15) is 11.4 Å². The van der Waals surface area contributed by atoms with E-state index in [9.17, 15) is 9.59 Å². The number of amides is 1. The first-order valence-corrected chi connectivity index (χ1v) is 10.0. The predicted octanol–water partition coefficient (Wildman–Crippen LogP) is 2.79. The molecule has 0 saturated carbocycles. The van der Waals surface area contributed by atoms with Gasteiger partial charge in [0.2, 0.25) is 5.91 Å². The van der Waals surface area contributed by atoms with Crippen molar-refractivity contribution in [3.63, 3.8) is 0 Å². The number of ether oxygens (including phenoxy) is 3. The average Bonchev–Trinajstić information content (AvgIpc) is 2.99. The van der Waals surface area contributed by atoms with Crippen molar-refractivity contribution >= 4 is 28.5 Å². The van der Waals surface area contributed by atoms with Crippen molar-refractivity contribution in [3.05, 3.63) is 23.9 Å². The quantitative estimate of drug-likeness (QED) is 0.691. The lowest BCUT2D eigenvalue weighted by atomic mass is 10.2. The van der Waals surface area contributed by atoms with E-state index in [1.807, 2.05) is 39.0 Å². The van der Waals surface area contributed by atoms with Crippen molar-refractivity contribution in [2.45, 2.75) is 39.9 Å². The highest BCUT2D eigenvalue weighted by atomic mass is 16.5. The van der Waals surface area contributed by atoms with Gasteiger partial charge < -0.3 is 24.5 Å². The molecule has 3 rings (SSSR count). The molecule has 1 aromatic carbocycles. The number of hydrogen-bond donors (Lipinski definition) is 2. The summed E-state index contributed by atoms with van der Waals surface area (Å²) in [7, 11) is 0. The van der Waals surface area contributed by atoms with Gasteiger partial charge in [0, 0.05) is 24.0 Å². The molecule has 0 bridgehead atoms. The molecule has 8 nitrogen and oxygen atoms in total. The Balaban J connectivity index is 1.86. The molecule has 1 aliphatic rings. The Bertz CT molecular complexity index is 869. The van der Waals surface area contributed by atoms with Gasteiger partial charge in [0.25, 0.3) is 0 Å². The van der Waals surface area contributed by atoms with Crippen LogP contribution in [0.15, 0.2) is 18.2 Å². The number of anilines is 1. The van der Waals surface area contributed by atoms with Gasteiger partial charge in [0.15, 0.2) is 0 Å². The maximum Gasteiger partial charge on any atom is 0.356 e. The second-order valence-electron chi connectivity index (χ2n) is 7.24. The lowest BCUT2D eigenvalue weighted by Gasteiger charge is -2.34. The minimum Gasteiger partial charge on any atom is -0.494 e. The molecule has 0 spiro atoms. The van der Waals surface area contributed by atoms with E-state index in [1.165, 1.54) is 0 Å². The molecular weight excluding hydrogens is 374 g/mol. The standard InChI is InChI=1S/C21H29N3O5/c1-5-27-15-7-8-17-16(9-15)19(20(22-17)21(26)28-6-2)23-18(25)12-24-10-13(3)29-14(4)11-24/h7-9,13-14,22H,5-6,10-12H2,1-4H3,(H,23,25)/t13-,14-/m0/s1. The van der Waals surface area contributed by atoms with Gasteiger partial charge in [-0.05, 0) is 45.9 Å². The van der Waals surface area contributed by atoms with Crippen molar-refractivity contribution in [1.82, 2.24) is 9.88 Å². The fraction of sp³-hybridized carbons (Fsp3) is 0.524. The largest absolute Gasteiger partial charge is 0.494 e. The third-order valence-corrected chi connectivity index (χ3v) is 4.69. The van der Waals surface area contributed by atoms with Crippen LogP contribution in [0.4, 0.5) is 5.69 Å². The number of nitrogens with zero attached hydrogens (tertiary/aromatic N) is 1. The van der Waals surface area contributed by atoms with Crippen molar-refractivity contribution in [2.75, 3.05) is 38.2 Å². The first-order chi connectivity index (χ1) is 13.9. The van der Waals surface area contributed by atoms with E-state index in [1.54, 1.807) is 6.92 Å². The Hall–Kier alpha value is -2.58. The molecule has 0 aliphatic carbocycles. The van der Waals surface area contributed by atoms with Crippen LogP contribution in [0.1, 0.15) is 38.2 Å². The molecular formula is C21H29N3O5. The molecule has 2 atom stereocenters. The number of benzene rings is 1. The summed E-state index contributed by atoms with van der Waals surface area (Å²) >= 11 is 0. The summed E-state index contributed by atoms with van der Waals surface area (Å²) in [5.74, 6) is -0.0362.